The van der Waals surface area contributed by atoms with Gasteiger partial charge in [-0.15, -0.1) is 0 Å². The quantitative estimate of drug-likeness (QED) is 0.486. The number of hydrogen-bond acceptors (Lipinski definition) is 4. The number of aliphatic imine (C=N–C) groups is 1. The number of nitrogens with one attached hydrogen (secondary N) is 2. The molecule has 1 aromatic heterocycles. The molecule has 2 heterocycles. The molecule has 7 heteroatoms. The number of ether oxygens (including phenoxy) is 2. The van der Waals surface area contributed by atoms with E-state index in [9.17, 15) is 0 Å². The number of aromatic nitrogens is 2. The van der Waals surface area contributed by atoms with Crippen molar-refractivity contribution in [2.45, 2.75) is 38.5 Å². The number of para-hydroxylation sites is 1. The molecule has 0 bridgehead atoms. The van der Waals surface area contributed by atoms with E-state index in [1.807, 2.05) is 59.4 Å². The van der Waals surface area contributed by atoms with E-state index < -0.39 is 0 Å². The van der Waals surface area contributed by atoms with E-state index in [-0.39, 0.29) is 11.6 Å². The summed E-state index contributed by atoms with van der Waals surface area (Å²) in [5, 5.41) is 11.6. The van der Waals surface area contributed by atoms with Crippen molar-refractivity contribution in [3.63, 3.8) is 0 Å². The van der Waals surface area contributed by atoms with E-state index in [2.05, 4.69) is 40.6 Å². The first-order chi connectivity index (χ1) is 15.0. The Morgan fingerprint density at radius 1 is 1.19 bits per heavy atom. The van der Waals surface area contributed by atoms with Crippen molar-refractivity contribution in [1.82, 2.24) is 20.4 Å². The van der Waals surface area contributed by atoms with E-state index in [1.165, 1.54) is 0 Å². The fourth-order valence-electron chi connectivity index (χ4n) is 3.80. The van der Waals surface area contributed by atoms with Crippen LogP contribution in [-0.4, -0.2) is 35.5 Å². The number of nitrogens with zero attached hydrogens (tertiary/aromatic N) is 3. The number of methoxy groups -OCH3 is 1. The summed E-state index contributed by atoms with van der Waals surface area (Å²) in [7, 11) is 3.44. The Balaban J connectivity index is 1.41. The maximum absolute atomic E-state index is 6.13. The fourth-order valence-corrected chi connectivity index (χ4v) is 3.80. The minimum absolute atomic E-state index is 0.114. The summed E-state index contributed by atoms with van der Waals surface area (Å²) in [6.07, 6.45) is 2.79. The van der Waals surface area contributed by atoms with E-state index >= 15 is 0 Å². The van der Waals surface area contributed by atoms with Crippen LogP contribution in [0.5, 0.6) is 11.5 Å². The zero-order valence-corrected chi connectivity index (χ0v) is 18.4. The van der Waals surface area contributed by atoms with Gasteiger partial charge in [0.1, 0.15) is 17.1 Å². The molecule has 0 saturated heterocycles. The topological polar surface area (TPSA) is 72.7 Å². The highest BCUT2D eigenvalue weighted by molar-refractivity contribution is 5.80. The maximum Gasteiger partial charge on any atom is 0.191 e. The predicted octanol–water partition coefficient (Wildman–Crippen LogP) is 3.85. The molecule has 162 valence electrons. The van der Waals surface area contributed by atoms with Gasteiger partial charge in [0.2, 0.25) is 0 Å². The van der Waals surface area contributed by atoms with Gasteiger partial charge in [-0.05, 0) is 50.2 Å². The van der Waals surface area contributed by atoms with Gasteiger partial charge >= 0.3 is 0 Å². The Morgan fingerprint density at radius 2 is 1.97 bits per heavy atom. The van der Waals surface area contributed by atoms with E-state index in [1.54, 1.807) is 14.2 Å². The van der Waals surface area contributed by atoms with Crippen LogP contribution in [0.2, 0.25) is 0 Å². The Bertz CT molecular complexity index is 1060. The van der Waals surface area contributed by atoms with Crippen molar-refractivity contribution in [3.8, 4) is 17.2 Å². The van der Waals surface area contributed by atoms with Gasteiger partial charge in [0.25, 0.3) is 0 Å². The van der Waals surface area contributed by atoms with Gasteiger partial charge in [-0.25, -0.2) is 4.68 Å². The van der Waals surface area contributed by atoms with Crippen molar-refractivity contribution in [2.24, 2.45) is 4.99 Å². The lowest BCUT2D eigenvalue weighted by Crippen LogP contribution is -2.45. The third kappa shape index (κ3) is 4.82. The van der Waals surface area contributed by atoms with Crippen LogP contribution in [0.3, 0.4) is 0 Å². The number of guanidine groups is 1. The molecule has 4 rings (SSSR count). The first-order valence-corrected chi connectivity index (χ1v) is 10.4. The van der Waals surface area contributed by atoms with Crippen molar-refractivity contribution in [3.05, 3.63) is 72.1 Å². The molecule has 3 aromatic rings. The van der Waals surface area contributed by atoms with Gasteiger partial charge in [0.15, 0.2) is 5.96 Å². The van der Waals surface area contributed by atoms with Crippen molar-refractivity contribution >= 4 is 5.96 Å². The van der Waals surface area contributed by atoms with Crippen LogP contribution in [0.15, 0.2) is 65.8 Å². The number of rotatable bonds is 5. The van der Waals surface area contributed by atoms with Gasteiger partial charge < -0.3 is 20.1 Å². The summed E-state index contributed by atoms with van der Waals surface area (Å²) in [5.74, 6) is 2.48. The second-order valence-electron chi connectivity index (χ2n) is 8.18. The van der Waals surface area contributed by atoms with Crippen molar-refractivity contribution < 1.29 is 9.47 Å². The third-order valence-corrected chi connectivity index (χ3v) is 5.33. The molecule has 0 saturated carbocycles. The van der Waals surface area contributed by atoms with Crippen LogP contribution in [0.4, 0.5) is 0 Å². The second-order valence-corrected chi connectivity index (χ2v) is 8.18. The second kappa shape index (κ2) is 8.71. The molecule has 2 N–H and O–H groups in total. The number of benzene rings is 2. The minimum Gasteiger partial charge on any atom is -0.497 e. The van der Waals surface area contributed by atoms with Crippen LogP contribution >= 0.6 is 0 Å². The van der Waals surface area contributed by atoms with Crippen molar-refractivity contribution in [1.29, 1.82) is 0 Å². The monoisotopic (exact) mass is 419 g/mol. The molecule has 0 radical (unpaired) electrons. The zero-order valence-electron chi connectivity index (χ0n) is 18.4. The first-order valence-electron chi connectivity index (χ1n) is 10.4. The summed E-state index contributed by atoms with van der Waals surface area (Å²) in [6, 6.07) is 18.1. The molecule has 1 aliphatic rings. The Labute approximate surface area is 183 Å². The average molecular weight is 420 g/mol. The van der Waals surface area contributed by atoms with E-state index in [4.69, 9.17) is 9.47 Å². The third-order valence-electron chi connectivity index (χ3n) is 5.33. The molecule has 1 aliphatic heterocycles. The summed E-state index contributed by atoms with van der Waals surface area (Å²) in [4.78, 5) is 4.41. The van der Waals surface area contributed by atoms with Crippen LogP contribution in [-0.2, 0) is 6.54 Å². The molecular weight excluding hydrogens is 390 g/mol. The average Bonchev–Trinajstić information content (AvgIpc) is 3.25. The number of fused-ring (bicyclic) bond motifs is 1. The highest BCUT2D eigenvalue weighted by Gasteiger charge is 2.33. The van der Waals surface area contributed by atoms with Crippen LogP contribution in [0, 0.1) is 0 Å². The lowest BCUT2D eigenvalue weighted by Gasteiger charge is -2.38. The van der Waals surface area contributed by atoms with E-state index in [0.717, 1.165) is 40.8 Å². The predicted molar refractivity (Wildman–Crippen MR) is 122 cm³/mol. The van der Waals surface area contributed by atoms with Gasteiger partial charge in [-0.3, -0.25) is 4.99 Å². The van der Waals surface area contributed by atoms with E-state index in [0.29, 0.717) is 6.54 Å². The lowest BCUT2D eigenvalue weighted by atomic mass is 9.90. The molecule has 0 amide bonds. The lowest BCUT2D eigenvalue weighted by molar-refractivity contribution is 0.0694. The standard InChI is InChI=1S/C24H29N5O2/c1-24(2)15-21(20-7-5-6-8-22(20)31-24)27-23(25-3)26-16-17-13-14-29(28-17)18-9-11-19(30-4)12-10-18/h5-14,21H,15-16H2,1-4H3,(H2,25,26,27). The molecule has 0 fully saturated rings. The Morgan fingerprint density at radius 3 is 2.71 bits per heavy atom. The SMILES string of the molecule is CN=C(NCc1ccn(-c2ccc(OC)cc2)n1)NC1CC(C)(C)Oc2ccccc21. The number of hydrogen-bond donors (Lipinski definition) is 2. The molecule has 2 aromatic carbocycles. The summed E-state index contributed by atoms with van der Waals surface area (Å²) >= 11 is 0. The highest BCUT2D eigenvalue weighted by atomic mass is 16.5. The maximum atomic E-state index is 6.13. The van der Waals surface area contributed by atoms with Crippen LogP contribution < -0.4 is 20.1 Å². The summed E-state index contributed by atoms with van der Waals surface area (Å²) in [6.45, 7) is 4.79. The smallest absolute Gasteiger partial charge is 0.191 e. The molecule has 7 nitrogen and oxygen atoms in total. The van der Waals surface area contributed by atoms with Gasteiger partial charge in [-0.2, -0.15) is 5.10 Å². The molecular formula is C24H29N5O2. The molecule has 31 heavy (non-hydrogen) atoms. The Hall–Kier alpha value is -3.48. The largest absolute Gasteiger partial charge is 0.497 e. The van der Waals surface area contributed by atoms with Crippen LogP contribution in [0.1, 0.15) is 37.6 Å². The summed E-state index contributed by atoms with van der Waals surface area (Å²) in [5.41, 5.74) is 2.80. The highest BCUT2D eigenvalue weighted by Crippen LogP contribution is 2.39. The van der Waals surface area contributed by atoms with Crippen LogP contribution in [0.25, 0.3) is 5.69 Å². The Kier molecular flexibility index (Phi) is 5.84. The molecule has 0 spiro atoms. The zero-order chi connectivity index (χ0) is 21.8. The van der Waals surface area contributed by atoms with Gasteiger partial charge in [0.05, 0.1) is 31.1 Å². The molecule has 0 aliphatic carbocycles. The van der Waals surface area contributed by atoms with Gasteiger partial charge in [-0.1, -0.05) is 18.2 Å². The minimum atomic E-state index is -0.248. The first kappa shape index (κ1) is 20.8. The molecule has 1 atom stereocenters. The van der Waals surface area contributed by atoms with Gasteiger partial charge in [0, 0.05) is 25.2 Å². The normalized spacial score (nSPS) is 17.4. The summed E-state index contributed by atoms with van der Waals surface area (Å²) < 4.78 is 13.2. The fraction of sp³-hybridized carbons (Fsp3) is 0.333. The van der Waals surface area contributed by atoms with Crippen molar-refractivity contribution in [2.75, 3.05) is 14.2 Å². The molecule has 1 unspecified atom stereocenters.